The molecule has 0 saturated carbocycles. The van der Waals surface area contributed by atoms with E-state index < -0.39 is 10.0 Å². The Morgan fingerprint density at radius 3 is 2.67 bits per heavy atom. The normalized spacial score (nSPS) is 13.3. The van der Waals surface area contributed by atoms with Gasteiger partial charge in [-0.05, 0) is 24.5 Å². The van der Waals surface area contributed by atoms with Crippen LogP contribution in [0.25, 0.3) is 0 Å². The number of nitrogen functional groups attached to an aromatic ring is 1. The molecule has 1 rings (SSSR count). The first-order valence-corrected chi connectivity index (χ1v) is 7.17. The molecule has 0 aromatic heterocycles. The van der Waals surface area contributed by atoms with Gasteiger partial charge in [0.15, 0.2) is 0 Å². The van der Waals surface area contributed by atoms with Crippen molar-refractivity contribution in [3.63, 3.8) is 0 Å². The molecule has 102 valence electrons. The second-order valence-corrected chi connectivity index (χ2v) is 5.79. The largest absolute Gasteiger partial charge is 0.396 e. The van der Waals surface area contributed by atoms with Crippen LogP contribution >= 0.6 is 0 Å². The lowest BCUT2D eigenvalue weighted by molar-refractivity contribution is 0.266. The molecule has 1 atom stereocenters. The van der Waals surface area contributed by atoms with Crippen molar-refractivity contribution in [1.29, 1.82) is 0 Å². The summed E-state index contributed by atoms with van der Waals surface area (Å²) < 4.78 is 22.6. The van der Waals surface area contributed by atoms with Gasteiger partial charge in [-0.15, -0.1) is 0 Å². The molecule has 18 heavy (non-hydrogen) atoms. The van der Waals surface area contributed by atoms with Crippen molar-refractivity contribution in [2.75, 3.05) is 24.2 Å². The monoisotopic (exact) mass is 273 g/mol. The van der Waals surface area contributed by atoms with Crippen molar-refractivity contribution >= 4 is 21.4 Å². The molecule has 0 bridgehead atoms. The highest BCUT2D eigenvalue weighted by atomic mass is 32.2. The zero-order valence-electron chi connectivity index (χ0n) is 10.3. The molecular formula is C11H19N3O3S. The molecule has 1 aromatic carbocycles. The molecule has 0 aliphatic rings. The number of para-hydroxylation sites is 1. The Balaban J connectivity index is 2.85. The molecule has 0 aliphatic heterocycles. The van der Waals surface area contributed by atoms with E-state index in [4.69, 9.17) is 16.0 Å². The first-order valence-electron chi connectivity index (χ1n) is 5.62. The van der Waals surface area contributed by atoms with Crippen molar-refractivity contribution in [2.24, 2.45) is 11.1 Å². The maximum absolute atomic E-state index is 11.3. The molecule has 7 heteroatoms. The Morgan fingerprint density at radius 2 is 2.11 bits per heavy atom. The summed E-state index contributed by atoms with van der Waals surface area (Å²) in [4.78, 5) is -0.0812. The van der Waals surface area contributed by atoms with Gasteiger partial charge in [-0.1, -0.05) is 13.0 Å². The Kier molecular flexibility index (Phi) is 4.94. The third-order valence-corrected chi connectivity index (χ3v) is 3.60. The van der Waals surface area contributed by atoms with Gasteiger partial charge >= 0.3 is 0 Å². The number of hydrogen-bond acceptors (Lipinski definition) is 5. The van der Waals surface area contributed by atoms with Gasteiger partial charge in [0.1, 0.15) is 4.90 Å². The molecule has 1 unspecified atom stereocenters. The molecular weight excluding hydrogens is 254 g/mol. The van der Waals surface area contributed by atoms with E-state index in [-0.39, 0.29) is 23.1 Å². The highest BCUT2D eigenvalue weighted by molar-refractivity contribution is 7.89. The molecule has 1 aromatic rings. The summed E-state index contributed by atoms with van der Waals surface area (Å²) in [5, 5.41) is 16.9. The minimum atomic E-state index is -3.81. The van der Waals surface area contributed by atoms with Gasteiger partial charge in [-0.2, -0.15) is 0 Å². The molecule has 0 fully saturated rings. The zero-order chi connectivity index (χ0) is 13.8. The van der Waals surface area contributed by atoms with E-state index in [1.807, 2.05) is 6.92 Å². The smallest absolute Gasteiger partial charge is 0.240 e. The van der Waals surface area contributed by atoms with Crippen LogP contribution < -0.4 is 16.2 Å². The summed E-state index contributed by atoms with van der Waals surface area (Å²) >= 11 is 0. The van der Waals surface area contributed by atoms with E-state index in [0.29, 0.717) is 18.7 Å². The second-order valence-electron chi connectivity index (χ2n) is 4.26. The van der Waals surface area contributed by atoms with E-state index in [1.54, 1.807) is 12.1 Å². The summed E-state index contributed by atoms with van der Waals surface area (Å²) in [7, 11) is -3.81. The summed E-state index contributed by atoms with van der Waals surface area (Å²) in [6.45, 7) is 2.69. The predicted molar refractivity (Wildman–Crippen MR) is 71.6 cm³/mol. The number of aliphatic hydroxyl groups is 1. The van der Waals surface area contributed by atoms with Gasteiger partial charge in [-0.3, -0.25) is 0 Å². The standard InChI is InChI=1S/C11H19N3O3S/c1-8(5-6-15)7-14-9-3-2-4-10(11(9)12)18(13,16)17/h2-4,8,14-15H,5-7,12H2,1H3,(H2,13,16,17). The topological polar surface area (TPSA) is 118 Å². The average Bonchev–Trinajstić information content (AvgIpc) is 2.26. The molecule has 0 amide bonds. The Morgan fingerprint density at radius 1 is 1.44 bits per heavy atom. The number of anilines is 2. The van der Waals surface area contributed by atoms with Crippen LogP contribution in [0.2, 0.25) is 0 Å². The van der Waals surface area contributed by atoms with E-state index >= 15 is 0 Å². The lowest BCUT2D eigenvalue weighted by Crippen LogP contribution is -2.17. The van der Waals surface area contributed by atoms with Gasteiger partial charge in [0.25, 0.3) is 0 Å². The minimum Gasteiger partial charge on any atom is -0.396 e. The lowest BCUT2D eigenvalue weighted by Gasteiger charge is -2.15. The Labute approximate surface area is 107 Å². The number of benzene rings is 1. The maximum Gasteiger partial charge on any atom is 0.240 e. The van der Waals surface area contributed by atoms with E-state index in [1.165, 1.54) is 6.07 Å². The number of nitrogens with one attached hydrogen (secondary N) is 1. The fourth-order valence-corrected chi connectivity index (χ4v) is 2.24. The van der Waals surface area contributed by atoms with Crippen molar-refractivity contribution in [3.05, 3.63) is 18.2 Å². The maximum atomic E-state index is 11.3. The zero-order valence-corrected chi connectivity index (χ0v) is 11.1. The molecule has 0 aliphatic carbocycles. The van der Waals surface area contributed by atoms with Gasteiger partial charge in [0, 0.05) is 13.2 Å². The van der Waals surface area contributed by atoms with Crippen molar-refractivity contribution < 1.29 is 13.5 Å². The van der Waals surface area contributed by atoms with Gasteiger partial charge in [0.05, 0.1) is 11.4 Å². The van der Waals surface area contributed by atoms with Crippen LogP contribution in [0.4, 0.5) is 11.4 Å². The highest BCUT2D eigenvalue weighted by Gasteiger charge is 2.14. The molecule has 6 nitrogen and oxygen atoms in total. The first kappa shape index (κ1) is 14.7. The SMILES string of the molecule is CC(CCO)CNc1cccc(S(N)(=O)=O)c1N. The molecule has 0 saturated heterocycles. The second kappa shape index (κ2) is 6.03. The van der Waals surface area contributed by atoms with Crippen LogP contribution in [0.3, 0.4) is 0 Å². The first-order chi connectivity index (χ1) is 8.36. The number of rotatable bonds is 6. The van der Waals surface area contributed by atoms with Crippen LogP contribution in [0.1, 0.15) is 13.3 Å². The quantitative estimate of drug-likeness (QED) is 0.558. The van der Waals surface area contributed by atoms with Crippen LogP contribution in [0.5, 0.6) is 0 Å². The van der Waals surface area contributed by atoms with Crippen LogP contribution in [-0.2, 0) is 10.0 Å². The molecule has 0 radical (unpaired) electrons. The molecule has 0 heterocycles. The number of aliphatic hydroxyl groups excluding tert-OH is 1. The van der Waals surface area contributed by atoms with Crippen LogP contribution in [0.15, 0.2) is 23.1 Å². The van der Waals surface area contributed by atoms with E-state index in [0.717, 1.165) is 0 Å². The summed E-state index contributed by atoms with van der Waals surface area (Å²) in [6.07, 6.45) is 0.668. The Hall–Kier alpha value is -1.31. The number of hydrogen-bond donors (Lipinski definition) is 4. The van der Waals surface area contributed by atoms with Crippen molar-refractivity contribution in [3.8, 4) is 0 Å². The van der Waals surface area contributed by atoms with Crippen molar-refractivity contribution in [2.45, 2.75) is 18.2 Å². The lowest BCUT2D eigenvalue weighted by atomic mass is 10.1. The van der Waals surface area contributed by atoms with Gasteiger partial charge in [-0.25, -0.2) is 13.6 Å². The average molecular weight is 273 g/mol. The van der Waals surface area contributed by atoms with Crippen molar-refractivity contribution in [1.82, 2.24) is 0 Å². The summed E-state index contributed by atoms with van der Waals surface area (Å²) in [5.74, 6) is 0.257. The van der Waals surface area contributed by atoms with E-state index in [2.05, 4.69) is 5.32 Å². The third-order valence-electron chi connectivity index (χ3n) is 2.64. The highest BCUT2D eigenvalue weighted by Crippen LogP contribution is 2.25. The predicted octanol–water partition coefficient (Wildman–Crippen LogP) is 0.347. The Bertz CT molecular complexity index is 502. The molecule has 0 spiro atoms. The fraction of sp³-hybridized carbons (Fsp3) is 0.455. The number of primary sulfonamides is 1. The summed E-state index contributed by atoms with van der Waals surface area (Å²) in [5.41, 5.74) is 6.41. The fourth-order valence-electron chi connectivity index (χ4n) is 1.55. The molecule has 6 N–H and O–H groups in total. The van der Waals surface area contributed by atoms with Gasteiger partial charge < -0.3 is 16.2 Å². The number of nitrogens with two attached hydrogens (primary N) is 2. The third kappa shape index (κ3) is 3.86. The van der Waals surface area contributed by atoms with E-state index in [9.17, 15) is 8.42 Å². The van der Waals surface area contributed by atoms with Crippen LogP contribution in [0, 0.1) is 5.92 Å². The van der Waals surface area contributed by atoms with Gasteiger partial charge in [0.2, 0.25) is 10.0 Å². The van der Waals surface area contributed by atoms with Crippen LogP contribution in [-0.4, -0.2) is 26.7 Å². The minimum absolute atomic E-state index is 0.0812. The summed E-state index contributed by atoms with van der Waals surface area (Å²) in [6, 6.07) is 4.64. The number of sulfonamides is 1.